The summed E-state index contributed by atoms with van der Waals surface area (Å²) in [5.74, 6) is 0.761. The topological polar surface area (TPSA) is 46.5 Å². The zero-order chi connectivity index (χ0) is 18.0. The Labute approximate surface area is 147 Å². The SMILES string of the molecule is C=C1CC[C@@H]2[C@](C)(CO)CCC[C@]2(C)[C@H]1CC/C(C)=C/C(=O)OC. The minimum Gasteiger partial charge on any atom is -0.466 e. The highest BCUT2D eigenvalue weighted by Gasteiger charge is 2.53. The number of carbonyl (C=O) groups excluding carboxylic acids is 1. The van der Waals surface area contributed by atoms with E-state index in [0.29, 0.717) is 11.8 Å². The van der Waals surface area contributed by atoms with E-state index in [9.17, 15) is 9.90 Å². The fourth-order valence-corrected chi connectivity index (χ4v) is 5.51. The van der Waals surface area contributed by atoms with E-state index >= 15 is 0 Å². The largest absolute Gasteiger partial charge is 0.466 e. The molecule has 2 aliphatic rings. The highest BCUT2D eigenvalue weighted by Crippen LogP contribution is 2.61. The van der Waals surface area contributed by atoms with Crippen molar-refractivity contribution in [2.24, 2.45) is 22.7 Å². The second kappa shape index (κ2) is 7.43. The van der Waals surface area contributed by atoms with E-state index in [4.69, 9.17) is 4.74 Å². The van der Waals surface area contributed by atoms with E-state index < -0.39 is 0 Å². The molecule has 4 atom stereocenters. The molecule has 0 radical (unpaired) electrons. The Bertz CT molecular complexity index is 521. The van der Waals surface area contributed by atoms with Gasteiger partial charge in [0.15, 0.2) is 0 Å². The molecule has 0 heterocycles. The molecule has 136 valence electrons. The average Bonchev–Trinajstić information content (AvgIpc) is 2.53. The van der Waals surface area contributed by atoms with Crippen molar-refractivity contribution in [1.29, 1.82) is 0 Å². The fourth-order valence-electron chi connectivity index (χ4n) is 5.51. The van der Waals surface area contributed by atoms with Gasteiger partial charge < -0.3 is 9.84 Å². The van der Waals surface area contributed by atoms with Gasteiger partial charge in [-0.25, -0.2) is 4.79 Å². The zero-order valence-electron chi connectivity index (χ0n) is 15.9. The molecule has 2 fully saturated rings. The first-order valence-corrected chi connectivity index (χ1v) is 9.30. The van der Waals surface area contributed by atoms with Gasteiger partial charge in [-0.15, -0.1) is 0 Å². The van der Waals surface area contributed by atoms with Crippen LogP contribution in [0.15, 0.2) is 23.8 Å². The van der Waals surface area contributed by atoms with Crippen LogP contribution in [0, 0.1) is 22.7 Å². The Morgan fingerprint density at radius 2 is 2.12 bits per heavy atom. The Hall–Kier alpha value is -1.09. The summed E-state index contributed by atoms with van der Waals surface area (Å²) in [5.41, 5.74) is 2.70. The molecule has 1 N–H and O–H groups in total. The predicted octanol–water partition coefficient (Wildman–Crippen LogP) is 4.66. The van der Waals surface area contributed by atoms with Crippen molar-refractivity contribution < 1.29 is 14.6 Å². The summed E-state index contributed by atoms with van der Waals surface area (Å²) in [6.45, 7) is 11.4. The number of methoxy groups -OCH3 is 1. The number of allylic oxidation sites excluding steroid dienone is 2. The van der Waals surface area contributed by atoms with Gasteiger partial charge in [0.1, 0.15) is 0 Å². The van der Waals surface area contributed by atoms with Gasteiger partial charge in [0.25, 0.3) is 0 Å². The molecule has 0 aromatic rings. The number of esters is 1. The third kappa shape index (κ3) is 3.61. The standard InChI is InChI=1S/C21H34O3/c1-15(13-19(23)24-5)7-9-17-16(2)8-10-18-20(3,14-22)11-6-12-21(17,18)4/h13,17-18,22H,2,6-12,14H2,1,3-5H3/b15-13+/t17-,18+,20-,21+/m0/s1. The monoisotopic (exact) mass is 334 g/mol. The van der Waals surface area contributed by atoms with Crippen LogP contribution in [0.5, 0.6) is 0 Å². The first-order chi connectivity index (χ1) is 11.3. The lowest BCUT2D eigenvalue weighted by atomic mass is 9.47. The molecule has 2 aliphatic carbocycles. The molecule has 2 saturated carbocycles. The highest BCUT2D eigenvalue weighted by atomic mass is 16.5. The molecular weight excluding hydrogens is 300 g/mol. The summed E-state index contributed by atoms with van der Waals surface area (Å²) in [5, 5.41) is 10.0. The van der Waals surface area contributed by atoms with E-state index in [1.807, 2.05) is 6.92 Å². The minimum atomic E-state index is -0.274. The number of hydrogen-bond acceptors (Lipinski definition) is 3. The van der Waals surface area contributed by atoms with Gasteiger partial charge in [0, 0.05) is 12.7 Å². The number of ether oxygens (including phenoxy) is 1. The summed E-state index contributed by atoms with van der Waals surface area (Å²) in [7, 11) is 1.42. The first kappa shape index (κ1) is 19.2. The van der Waals surface area contributed by atoms with E-state index in [0.717, 1.165) is 37.7 Å². The van der Waals surface area contributed by atoms with Crippen molar-refractivity contribution in [3.63, 3.8) is 0 Å². The Kier molecular flexibility index (Phi) is 5.95. The molecule has 2 rings (SSSR count). The Balaban J connectivity index is 2.17. The van der Waals surface area contributed by atoms with E-state index in [2.05, 4.69) is 20.4 Å². The molecule has 0 aliphatic heterocycles. The molecule has 24 heavy (non-hydrogen) atoms. The van der Waals surface area contributed by atoms with Gasteiger partial charge in [0.2, 0.25) is 0 Å². The van der Waals surface area contributed by atoms with E-state index in [-0.39, 0.29) is 23.4 Å². The van der Waals surface area contributed by atoms with Crippen LogP contribution in [0.25, 0.3) is 0 Å². The minimum absolute atomic E-state index is 0.0445. The van der Waals surface area contributed by atoms with Crippen LogP contribution < -0.4 is 0 Å². The summed E-state index contributed by atoms with van der Waals surface area (Å²) in [6.07, 6.45) is 9.29. The number of aliphatic hydroxyl groups is 1. The van der Waals surface area contributed by atoms with Crippen LogP contribution in [0.1, 0.15) is 65.7 Å². The summed E-state index contributed by atoms with van der Waals surface area (Å²) in [6, 6.07) is 0. The van der Waals surface area contributed by atoms with Crippen LogP contribution in [0.3, 0.4) is 0 Å². The van der Waals surface area contributed by atoms with Crippen LogP contribution in [0.4, 0.5) is 0 Å². The van der Waals surface area contributed by atoms with E-state index in [1.165, 1.54) is 25.5 Å². The molecule has 0 unspecified atom stereocenters. The molecule has 0 aromatic heterocycles. The van der Waals surface area contributed by atoms with Gasteiger partial charge in [-0.1, -0.05) is 38.0 Å². The third-order valence-electron chi connectivity index (χ3n) is 6.90. The summed E-state index contributed by atoms with van der Waals surface area (Å²) >= 11 is 0. The van der Waals surface area contributed by atoms with Crippen LogP contribution in [0.2, 0.25) is 0 Å². The number of hydrogen-bond donors (Lipinski definition) is 1. The molecule has 0 spiro atoms. The van der Waals surface area contributed by atoms with Gasteiger partial charge in [0.05, 0.1) is 7.11 Å². The maximum absolute atomic E-state index is 11.4. The van der Waals surface area contributed by atoms with Crippen molar-refractivity contribution in [1.82, 2.24) is 0 Å². The fraction of sp³-hybridized carbons (Fsp3) is 0.762. The quantitative estimate of drug-likeness (QED) is 0.452. The second-order valence-electron chi connectivity index (χ2n) is 8.53. The van der Waals surface area contributed by atoms with Crippen LogP contribution >= 0.6 is 0 Å². The normalized spacial score (nSPS) is 37.0. The van der Waals surface area contributed by atoms with Gasteiger partial charge in [-0.3, -0.25) is 0 Å². The maximum atomic E-state index is 11.4. The van der Waals surface area contributed by atoms with Gasteiger partial charge in [-0.05, 0) is 68.1 Å². The van der Waals surface area contributed by atoms with E-state index in [1.54, 1.807) is 6.08 Å². The zero-order valence-corrected chi connectivity index (χ0v) is 15.9. The molecule has 0 bridgehead atoms. The first-order valence-electron chi connectivity index (χ1n) is 9.30. The lowest BCUT2D eigenvalue weighted by Gasteiger charge is -2.58. The summed E-state index contributed by atoms with van der Waals surface area (Å²) < 4.78 is 4.72. The molecule has 0 aromatic carbocycles. The van der Waals surface area contributed by atoms with Gasteiger partial charge >= 0.3 is 5.97 Å². The number of aliphatic hydroxyl groups excluding tert-OH is 1. The third-order valence-corrected chi connectivity index (χ3v) is 6.90. The lowest BCUT2D eigenvalue weighted by Crippen LogP contribution is -2.51. The lowest BCUT2D eigenvalue weighted by molar-refractivity contribution is -0.134. The second-order valence-corrected chi connectivity index (χ2v) is 8.53. The van der Waals surface area contributed by atoms with Crippen molar-refractivity contribution in [3.8, 4) is 0 Å². The number of carbonyl (C=O) groups is 1. The van der Waals surface area contributed by atoms with Crippen molar-refractivity contribution in [2.75, 3.05) is 13.7 Å². The van der Waals surface area contributed by atoms with Crippen LogP contribution in [-0.2, 0) is 9.53 Å². The molecule has 3 heteroatoms. The molecule has 0 saturated heterocycles. The Morgan fingerprint density at radius 3 is 2.75 bits per heavy atom. The molecular formula is C21H34O3. The number of fused-ring (bicyclic) bond motifs is 1. The van der Waals surface area contributed by atoms with Crippen molar-refractivity contribution >= 4 is 5.97 Å². The maximum Gasteiger partial charge on any atom is 0.330 e. The molecule has 0 amide bonds. The number of rotatable bonds is 5. The average molecular weight is 334 g/mol. The highest BCUT2D eigenvalue weighted by molar-refractivity contribution is 5.82. The van der Waals surface area contributed by atoms with Crippen molar-refractivity contribution in [2.45, 2.75) is 65.7 Å². The van der Waals surface area contributed by atoms with Crippen LogP contribution in [-0.4, -0.2) is 24.8 Å². The Morgan fingerprint density at radius 1 is 1.42 bits per heavy atom. The molecule has 3 nitrogen and oxygen atoms in total. The van der Waals surface area contributed by atoms with Gasteiger partial charge in [-0.2, -0.15) is 0 Å². The smallest absolute Gasteiger partial charge is 0.330 e. The predicted molar refractivity (Wildman–Crippen MR) is 97.5 cm³/mol. The summed E-state index contributed by atoms with van der Waals surface area (Å²) in [4.78, 5) is 11.4. The van der Waals surface area contributed by atoms with Crippen molar-refractivity contribution in [3.05, 3.63) is 23.8 Å².